The molecule has 5 aliphatic heterocycles. The third-order valence-electron chi connectivity index (χ3n) is 13.2. The maximum absolute atomic E-state index is 13.6. The number of benzene rings is 3. The van der Waals surface area contributed by atoms with Crippen molar-refractivity contribution < 1.29 is 14.4 Å². The Bertz CT molecular complexity index is 2010. The van der Waals surface area contributed by atoms with Gasteiger partial charge in [-0.15, -0.1) is 0 Å². The molecule has 1 unspecified atom stereocenters. The number of hydrogen-bond acceptors (Lipinski definition) is 8. The number of imide groups is 1. The highest BCUT2D eigenvalue weighted by Gasteiger charge is 2.44. The van der Waals surface area contributed by atoms with Crippen molar-refractivity contribution >= 4 is 52.1 Å². The zero-order chi connectivity index (χ0) is 39.5. The highest BCUT2D eigenvalue weighted by atomic mass is 35.5. The van der Waals surface area contributed by atoms with E-state index in [0.717, 1.165) is 114 Å². The van der Waals surface area contributed by atoms with E-state index in [0.29, 0.717) is 35.2 Å². The number of hydrogen-bond donors (Lipinski definition) is 2. The van der Waals surface area contributed by atoms with Gasteiger partial charge in [0.25, 0.3) is 13.0 Å². The Balaban J connectivity index is 0.772. The van der Waals surface area contributed by atoms with Crippen LogP contribution in [0.4, 0.5) is 22.7 Å². The molecular weight excluding hydrogens is 736 g/mol. The minimum atomic E-state index is -0.401. The average molecular weight is 792 g/mol. The summed E-state index contributed by atoms with van der Waals surface area (Å²) in [6.45, 7) is 11.9. The molecule has 5 heterocycles. The Morgan fingerprint density at radius 3 is 2.32 bits per heavy atom. The van der Waals surface area contributed by atoms with Gasteiger partial charge in [-0.05, 0) is 111 Å². The lowest BCUT2D eigenvalue weighted by atomic mass is 9.76. The minimum Gasteiger partial charge on any atom is -0.372 e. The Hall–Kier alpha value is -4.79. The molecule has 12 heteroatoms. The number of piperidine rings is 3. The zero-order valence-electron chi connectivity index (χ0n) is 33.4. The van der Waals surface area contributed by atoms with Crippen LogP contribution in [0.2, 0.25) is 5.02 Å². The minimum absolute atomic E-state index is 0.142. The van der Waals surface area contributed by atoms with E-state index in [2.05, 4.69) is 78.4 Å². The average Bonchev–Trinajstić information content (AvgIpc) is 3.55. The van der Waals surface area contributed by atoms with Crippen LogP contribution in [0.5, 0.6) is 0 Å². The van der Waals surface area contributed by atoms with Crippen LogP contribution in [0.15, 0.2) is 66.7 Å². The van der Waals surface area contributed by atoms with Gasteiger partial charge in [0.2, 0.25) is 11.8 Å². The maximum atomic E-state index is 13.6. The van der Waals surface area contributed by atoms with E-state index in [1.165, 1.54) is 17.8 Å². The molecule has 57 heavy (non-hydrogen) atoms. The summed E-state index contributed by atoms with van der Waals surface area (Å²) in [6, 6.07) is 25.7. The van der Waals surface area contributed by atoms with Gasteiger partial charge < -0.3 is 24.9 Å². The van der Waals surface area contributed by atoms with Gasteiger partial charge in [-0.3, -0.25) is 24.6 Å². The van der Waals surface area contributed by atoms with Gasteiger partial charge in [-0.1, -0.05) is 28.6 Å². The second-order valence-electron chi connectivity index (χ2n) is 16.9. The number of para-hydroxylation sites is 2. The molecule has 5 fully saturated rings. The van der Waals surface area contributed by atoms with Crippen molar-refractivity contribution in [3.8, 4) is 6.07 Å². The van der Waals surface area contributed by atoms with E-state index >= 15 is 0 Å². The molecule has 2 N–H and O–H groups in total. The molecule has 5 aliphatic rings. The fourth-order valence-electron chi connectivity index (χ4n) is 9.90. The maximum Gasteiger partial charge on any atom is 0.312 e. The van der Waals surface area contributed by atoms with Crippen LogP contribution in [0.25, 0.3) is 4.85 Å². The van der Waals surface area contributed by atoms with Gasteiger partial charge in [0.1, 0.15) is 11.6 Å². The number of halogens is 1. The van der Waals surface area contributed by atoms with Crippen LogP contribution in [-0.4, -0.2) is 112 Å². The van der Waals surface area contributed by atoms with Gasteiger partial charge in [-0.25, -0.2) is 0 Å². The highest BCUT2D eigenvalue weighted by molar-refractivity contribution is 6.32. The van der Waals surface area contributed by atoms with Crippen LogP contribution in [-0.2, 0) is 9.59 Å². The molecule has 0 bridgehead atoms. The largest absolute Gasteiger partial charge is 0.372 e. The standard InChI is InChI=1S/C45H55ClN8O3/c1-32-28-45(31-54(32)37-12-9-35(29-47-2)38(46)27-37)17-21-51(22-18-45)36-10-7-34(8-11-36)44(57)53-19-15-33(16-20-53)30-50-23-25-52(26-24-50)41-6-4-3-5-39(41)48-40-13-14-42(55)49-43(40)56/h3-12,27,32-33,40,48H,13-26,28,30-31H2,1-2H3/p+1/t32-,40?/m0/s1. The fraction of sp³-hybridized carbons (Fsp3) is 0.511. The second-order valence-corrected chi connectivity index (χ2v) is 17.3. The van der Waals surface area contributed by atoms with Gasteiger partial charge in [0, 0.05) is 94.8 Å². The highest BCUT2D eigenvalue weighted by Crippen LogP contribution is 2.46. The van der Waals surface area contributed by atoms with Crippen LogP contribution in [0.1, 0.15) is 67.8 Å². The van der Waals surface area contributed by atoms with Gasteiger partial charge >= 0.3 is 6.07 Å². The first kappa shape index (κ1) is 39.1. The Kier molecular flexibility index (Phi) is 11.6. The van der Waals surface area contributed by atoms with Crippen LogP contribution in [0, 0.1) is 17.4 Å². The third kappa shape index (κ3) is 8.73. The summed E-state index contributed by atoms with van der Waals surface area (Å²) in [5, 5.41) is 6.54. The summed E-state index contributed by atoms with van der Waals surface area (Å²) in [5.74, 6) is 0.271. The molecule has 0 saturated carbocycles. The molecule has 11 nitrogen and oxygen atoms in total. The first-order valence-corrected chi connectivity index (χ1v) is 21.3. The first-order valence-electron chi connectivity index (χ1n) is 20.9. The van der Waals surface area contributed by atoms with Crippen LogP contribution in [0.3, 0.4) is 0 Å². The number of nitrogens with zero attached hydrogens (tertiary/aromatic N) is 6. The molecule has 1 spiro atoms. The molecule has 0 radical (unpaired) electrons. The van der Waals surface area contributed by atoms with E-state index in [9.17, 15) is 14.4 Å². The summed E-state index contributed by atoms with van der Waals surface area (Å²) in [5.41, 5.74) is 6.33. The van der Waals surface area contributed by atoms with E-state index in [1.54, 1.807) is 7.05 Å². The van der Waals surface area contributed by atoms with Crippen molar-refractivity contribution in [1.29, 1.82) is 0 Å². The molecule has 3 amide bonds. The van der Waals surface area contributed by atoms with Crippen molar-refractivity contribution in [2.24, 2.45) is 11.3 Å². The molecule has 0 aliphatic carbocycles. The van der Waals surface area contributed by atoms with Crippen molar-refractivity contribution in [2.45, 2.75) is 64.0 Å². The summed E-state index contributed by atoms with van der Waals surface area (Å²) in [7, 11) is 1.71. The van der Waals surface area contributed by atoms with Crippen LogP contribution >= 0.6 is 11.6 Å². The number of piperazine rings is 1. The molecule has 3 aromatic carbocycles. The topological polar surface area (TPSA) is 95.8 Å². The Labute approximate surface area is 342 Å². The number of carbonyl (C=O) groups excluding carboxylic acids is 3. The van der Waals surface area contributed by atoms with Gasteiger partial charge in [0.15, 0.2) is 0 Å². The number of likely N-dealkylation sites (tertiary alicyclic amines) is 1. The van der Waals surface area contributed by atoms with Gasteiger partial charge in [0.05, 0.1) is 16.4 Å². The molecule has 0 aromatic heterocycles. The third-order valence-corrected chi connectivity index (χ3v) is 13.5. The van der Waals surface area contributed by atoms with Crippen molar-refractivity contribution in [3.05, 3.63) is 87.7 Å². The molecule has 300 valence electrons. The van der Waals surface area contributed by atoms with E-state index in [4.69, 9.17) is 11.6 Å². The summed E-state index contributed by atoms with van der Waals surface area (Å²) >= 11 is 6.56. The van der Waals surface area contributed by atoms with Gasteiger partial charge in [-0.2, -0.15) is 0 Å². The summed E-state index contributed by atoms with van der Waals surface area (Å²) < 4.78 is 0. The van der Waals surface area contributed by atoms with E-state index in [1.807, 2.05) is 41.3 Å². The Morgan fingerprint density at radius 2 is 1.61 bits per heavy atom. The van der Waals surface area contributed by atoms with Crippen LogP contribution < -0.4 is 25.3 Å². The lowest BCUT2D eigenvalue weighted by Crippen LogP contribution is -2.50. The summed E-state index contributed by atoms with van der Waals surface area (Å²) in [4.78, 5) is 53.6. The van der Waals surface area contributed by atoms with Crippen molar-refractivity contribution in [2.75, 3.05) is 92.5 Å². The molecular formula is C45H56ClN8O3+. The summed E-state index contributed by atoms with van der Waals surface area (Å²) in [6.07, 6.45) is 6.41. The fourth-order valence-corrected chi connectivity index (χ4v) is 10.1. The normalized spacial score (nSPS) is 23.0. The van der Waals surface area contributed by atoms with E-state index in [-0.39, 0.29) is 17.7 Å². The molecule has 3 aromatic rings. The zero-order valence-corrected chi connectivity index (χ0v) is 34.1. The number of anilines is 4. The smallest absolute Gasteiger partial charge is 0.312 e. The Morgan fingerprint density at radius 1 is 0.895 bits per heavy atom. The SMILES string of the molecule is C[N+]#Cc1ccc(N2CC3(CCN(c4ccc(C(=O)N5CCC(CN6CCN(c7ccccc7NC7CCC(=O)NC7=O)CC6)CC5)cc4)CC3)C[C@@H]2C)cc1Cl. The number of nitrogens with one attached hydrogen (secondary N) is 2. The van der Waals surface area contributed by atoms with E-state index < -0.39 is 6.04 Å². The first-order chi connectivity index (χ1) is 27.7. The predicted octanol–water partition coefficient (Wildman–Crippen LogP) is 6.43. The van der Waals surface area contributed by atoms with Crippen molar-refractivity contribution in [3.63, 3.8) is 0 Å². The predicted molar refractivity (Wildman–Crippen MR) is 229 cm³/mol. The van der Waals surface area contributed by atoms with Crippen molar-refractivity contribution in [1.82, 2.24) is 15.1 Å². The number of rotatable bonds is 8. The molecule has 2 atom stereocenters. The number of amides is 3. The molecule has 5 saturated heterocycles. The molecule has 8 rings (SSSR count). The number of carbonyl (C=O) groups is 3. The lowest BCUT2D eigenvalue weighted by Gasteiger charge is -2.40. The quantitative estimate of drug-likeness (QED) is 0.253. The second kappa shape index (κ2) is 17.0. The monoisotopic (exact) mass is 791 g/mol. The lowest BCUT2D eigenvalue weighted by molar-refractivity contribution is -0.133.